The average molecular weight is 276 g/mol. The molecule has 2 nitrogen and oxygen atoms in total. The Morgan fingerprint density at radius 1 is 1.28 bits per heavy atom. The predicted octanol–water partition coefficient (Wildman–Crippen LogP) is 3.28. The quantitative estimate of drug-likeness (QED) is 0.838. The number of thiophene rings is 1. The molecule has 2 aromatic rings. The van der Waals surface area contributed by atoms with Crippen LogP contribution in [0.15, 0.2) is 29.6 Å². The van der Waals surface area contributed by atoms with E-state index in [-0.39, 0.29) is 0 Å². The Bertz CT molecular complexity index is 558. The fourth-order valence-electron chi connectivity index (χ4n) is 1.97. The SMILES string of the molecule is S=C(NCc1csc2ccccc12)NCC1CC1. The maximum absolute atomic E-state index is 5.28. The van der Waals surface area contributed by atoms with E-state index in [1.165, 1.54) is 28.5 Å². The smallest absolute Gasteiger partial charge is 0.166 e. The molecule has 0 aliphatic heterocycles. The number of thiocarbonyl (C=S) groups is 1. The predicted molar refractivity (Wildman–Crippen MR) is 82.0 cm³/mol. The lowest BCUT2D eigenvalue weighted by Gasteiger charge is -2.09. The summed E-state index contributed by atoms with van der Waals surface area (Å²) in [7, 11) is 0. The summed E-state index contributed by atoms with van der Waals surface area (Å²) >= 11 is 7.07. The van der Waals surface area contributed by atoms with E-state index in [1.54, 1.807) is 11.3 Å². The maximum atomic E-state index is 5.28. The number of rotatable bonds is 4. The molecular formula is C14H16N2S2. The van der Waals surface area contributed by atoms with Gasteiger partial charge in [0.15, 0.2) is 5.11 Å². The lowest BCUT2D eigenvalue weighted by Crippen LogP contribution is -2.35. The van der Waals surface area contributed by atoms with Gasteiger partial charge in [-0.3, -0.25) is 0 Å². The summed E-state index contributed by atoms with van der Waals surface area (Å²) in [6, 6.07) is 8.50. The van der Waals surface area contributed by atoms with Crippen molar-refractivity contribution in [2.24, 2.45) is 5.92 Å². The topological polar surface area (TPSA) is 24.1 Å². The highest BCUT2D eigenvalue weighted by Gasteiger charge is 2.20. The monoisotopic (exact) mass is 276 g/mol. The summed E-state index contributed by atoms with van der Waals surface area (Å²) < 4.78 is 1.34. The van der Waals surface area contributed by atoms with E-state index in [0.717, 1.165) is 24.1 Å². The first-order valence-electron chi connectivity index (χ1n) is 6.30. The Hall–Kier alpha value is -1.13. The summed E-state index contributed by atoms with van der Waals surface area (Å²) in [6.45, 7) is 1.83. The van der Waals surface area contributed by atoms with Crippen molar-refractivity contribution in [1.29, 1.82) is 0 Å². The molecule has 1 aromatic carbocycles. The van der Waals surface area contributed by atoms with Gasteiger partial charge in [-0.15, -0.1) is 11.3 Å². The Balaban J connectivity index is 1.57. The van der Waals surface area contributed by atoms with E-state index in [0.29, 0.717) is 0 Å². The lowest BCUT2D eigenvalue weighted by atomic mass is 10.2. The second-order valence-electron chi connectivity index (χ2n) is 4.76. The van der Waals surface area contributed by atoms with Crippen LogP contribution >= 0.6 is 23.6 Å². The summed E-state index contributed by atoms with van der Waals surface area (Å²) in [5.74, 6) is 0.853. The van der Waals surface area contributed by atoms with Gasteiger partial charge in [0.25, 0.3) is 0 Å². The number of benzene rings is 1. The molecule has 4 heteroatoms. The minimum absolute atomic E-state index is 0.775. The number of fused-ring (bicyclic) bond motifs is 1. The normalized spacial score (nSPS) is 14.7. The van der Waals surface area contributed by atoms with Crippen LogP contribution in [-0.2, 0) is 6.54 Å². The third-order valence-electron chi connectivity index (χ3n) is 3.25. The van der Waals surface area contributed by atoms with E-state index in [1.807, 2.05) is 0 Å². The van der Waals surface area contributed by atoms with E-state index in [9.17, 15) is 0 Å². The summed E-state index contributed by atoms with van der Waals surface area (Å²) in [5.41, 5.74) is 1.33. The van der Waals surface area contributed by atoms with Gasteiger partial charge in [-0.1, -0.05) is 18.2 Å². The van der Waals surface area contributed by atoms with Crippen LogP contribution in [0.2, 0.25) is 0 Å². The van der Waals surface area contributed by atoms with E-state index in [2.05, 4.69) is 40.3 Å². The molecule has 0 unspecified atom stereocenters. The Morgan fingerprint density at radius 2 is 2.11 bits per heavy atom. The molecule has 18 heavy (non-hydrogen) atoms. The van der Waals surface area contributed by atoms with Crippen molar-refractivity contribution in [3.05, 3.63) is 35.2 Å². The summed E-state index contributed by atoms with van der Waals surface area (Å²) in [4.78, 5) is 0. The molecule has 0 bridgehead atoms. The van der Waals surface area contributed by atoms with Crippen molar-refractivity contribution in [2.45, 2.75) is 19.4 Å². The summed E-state index contributed by atoms with van der Waals surface area (Å²) in [5, 5.41) is 10.9. The van der Waals surface area contributed by atoms with Crippen LogP contribution in [0.4, 0.5) is 0 Å². The van der Waals surface area contributed by atoms with Gasteiger partial charge < -0.3 is 10.6 Å². The molecule has 94 valence electrons. The molecule has 0 saturated heterocycles. The third-order valence-corrected chi connectivity index (χ3v) is 4.55. The van der Waals surface area contributed by atoms with Crippen LogP contribution in [0, 0.1) is 5.92 Å². The standard InChI is InChI=1S/C14H16N2S2/c17-14(15-7-10-5-6-10)16-8-11-9-18-13-4-2-1-3-12(11)13/h1-4,9-10H,5-8H2,(H2,15,16,17). The van der Waals surface area contributed by atoms with Crippen LogP contribution < -0.4 is 10.6 Å². The highest BCUT2D eigenvalue weighted by molar-refractivity contribution is 7.80. The second kappa shape index (κ2) is 5.24. The fourth-order valence-corrected chi connectivity index (χ4v) is 3.08. The van der Waals surface area contributed by atoms with Crippen molar-refractivity contribution >= 4 is 38.8 Å². The van der Waals surface area contributed by atoms with E-state index >= 15 is 0 Å². The molecule has 0 atom stereocenters. The molecule has 0 radical (unpaired) electrons. The number of hydrogen-bond donors (Lipinski definition) is 2. The highest BCUT2D eigenvalue weighted by Crippen LogP contribution is 2.27. The molecule has 1 fully saturated rings. The first-order chi connectivity index (χ1) is 8.83. The minimum atomic E-state index is 0.775. The van der Waals surface area contributed by atoms with Crippen LogP contribution in [0.5, 0.6) is 0 Å². The second-order valence-corrected chi connectivity index (χ2v) is 6.08. The maximum Gasteiger partial charge on any atom is 0.166 e. The molecule has 2 N–H and O–H groups in total. The van der Waals surface area contributed by atoms with Crippen molar-refractivity contribution in [2.75, 3.05) is 6.54 Å². The largest absolute Gasteiger partial charge is 0.362 e. The Labute approximate surface area is 116 Å². The molecule has 1 aliphatic rings. The summed E-state index contributed by atoms with van der Waals surface area (Å²) in [6.07, 6.45) is 2.70. The lowest BCUT2D eigenvalue weighted by molar-refractivity contribution is 0.751. The Morgan fingerprint density at radius 3 is 2.94 bits per heavy atom. The van der Waals surface area contributed by atoms with Crippen molar-refractivity contribution in [1.82, 2.24) is 10.6 Å². The third kappa shape index (κ3) is 2.82. The first-order valence-corrected chi connectivity index (χ1v) is 7.58. The molecule has 1 aromatic heterocycles. The Kier molecular flexibility index (Phi) is 3.48. The van der Waals surface area contributed by atoms with Gasteiger partial charge in [-0.25, -0.2) is 0 Å². The molecule has 1 saturated carbocycles. The zero-order chi connectivity index (χ0) is 12.4. The molecular weight excluding hydrogens is 260 g/mol. The van der Waals surface area contributed by atoms with Crippen molar-refractivity contribution < 1.29 is 0 Å². The molecule has 3 rings (SSSR count). The van der Waals surface area contributed by atoms with E-state index < -0.39 is 0 Å². The van der Waals surface area contributed by atoms with Crippen molar-refractivity contribution in [3.8, 4) is 0 Å². The fraction of sp³-hybridized carbons (Fsp3) is 0.357. The zero-order valence-corrected chi connectivity index (χ0v) is 11.7. The molecule has 1 heterocycles. The number of hydrogen-bond acceptors (Lipinski definition) is 2. The first kappa shape index (κ1) is 11.9. The minimum Gasteiger partial charge on any atom is -0.362 e. The van der Waals surface area contributed by atoms with Gasteiger partial charge >= 0.3 is 0 Å². The van der Waals surface area contributed by atoms with Gasteiger partial charge in [0, 0.05) is 17.8 Å². The molecule has 0 spiro atoms. The van der Waals surface area contributed by atoms with Crippen LogP contribution in [0.1, 0.15) is 18.4 Å². The zero-order valence-electron chi connectivity index (χ0n) is 10.1. The number of nitrogens with one attached hydrogen (secondary N) is 2. The van der Waals surface area contributed by atoms with Crippen LogP contribution in [0.25, 0.3) is 10.1 Å². The molecule has 1 aliphatic carbocycles. The average Bonchev–Trinajstić information content (AvgIpc) is 3.14. The van der Waals surface area contributed by atoms with Gasteiger partial charge in [0.2, 0.25) is 0 Å². The highest BCUT2D eigenvalue weighted by atomic mass is 32.1. The van der Waals surface area contributed by atoms with Crippen LogP contribution in [0.3, 0.4) is 0 Å². The van der Waals surface area contributed by atoms with Crippen molar-refractivity contribution in [3.63, 3.8) is 0 Å². The van der Waals surface area contributed by atoms with Gasteiger partial charge in [0.1, 0.15) is 0 Å². The van der Waals surface area contributed by atoms with Crippen LogP contribution in [-0.4, -0.2) is 11.7 Å². The van der Waals surface area contributed by atoms with E-state index in [4.69, 9.17) is 12.2 Å². The van der Waals surface area contributed by atoms with Gasteiger partial charge in [0.05, 0.1) is 0 Å². The molecule has 0 amide bonds. The van der Waals surface area contributed by atoms with Gasteiger partial charge in [-0.2, -0.15) is 0 Å². The van der Waals surface area contributed by atoms with Gasteiger partial charge in [-0.05, 0) is 53.4 Å².